The summed E-state index contributed by atoms with van der Waals surface area (Å²) in [4.78, 5) is 49.4. The summed E-state index contributed by atoms with van der Waals surface area (Å²) in [6.07, 6.45) is 1.76. The van der Waals surface area contributed by atoms with Crippen LogP contribution in [0, 0.1) is 0 Å². The Morgan fingerprint density at radius 1 is 1.09 bits per heavy atom. The van der Waals surface area contributed by atoms with Crippen molar-refractivity contribution in [2.45, 2.75) is 12.0 Å². The molecule has 1 unspecified atom stereocenters. The van der Waals surface area contributed by atoms with Crippen molar-refractivity contribution < 1.29 is 19.2 Å². The lowest BCUT2D eigenvalue weighted by atomic mass is 9.86. The van der Waals surface area contributed by atoms with E-state index in [1.165, 1.54) is 0 Å². The van der Waals surface area contributed by atoms with Crippen LogP contribution in [-0.2, 0) is 14.4 Å². The summed E-state index contributed by atoms with van der Waals surface area (Å²) in [7, 11) is 0. The standard InChI is InChI=1S/C15H10N2O4S/c18-10-8-15(14(22)16-10,17-11(19)6-7-12(17)20)13(21)9-4-2-1-3-5-9/h1-7H,8H2,(H,16,18,22). The maximum atomic E-state index is 12.9. The molecule has 2 heterocycles. The van der Waals surface area contributed by atoms with Crippen molar-refractivity contribution >= 4 is 40.7 Å². The van der Waals surface area contributed by atoms with Gasteiger partial charge >= 0.3 is 0 Å². The third-order valence-electron chi connectivity index (χ3n) is 3.65. The lowest BCUT2D eigenvalue weighted by Crippen LogP contribution is -2.60. The minimum absolute atomic E-state index is 0.128. The van der Waals surface area contributed by atoms with Gasteiger partial charge in [-0.2, -0.15) is 0 Å². The lowest BCUT2D eigenvalue weighted by Gasteiger charge is -2.34. The number of hydrogen-bond acceptors (Lipinski definition) is 5. The fraction of sp³-hybridized carbons (Fsp3) is 0.133. The van der Waals surface area contributed by atoms with Crippen molar-refractivity contribution in [1.29, 1.82) is 0 Å². The third-order valence-corrected chi connectivity index (χ3v) is 4.09. The van der Waals surface area contributed by atoms with E-state index in [1.807, 2.05) is 0 Å². The predicted octanol–water partition coefficient (Wildman–Crippen LogP) is 0.380. The van der Waals surface area contributed by atoms with E-state index in [9.17, 15) is 19.2 Å². The normalized spacial score (nSPS) is 24.1. The molecule has 0 spiro atoms. The average Bonchev–Trinajstić information content (AvgIpc) is 2.99. The molecule has 110 valence electrons. The largest absolute Gasteiger partial charge is 0.318 e. The number of ketones is 1. The Hall–Kier alpha value is -2.67. The second-order valence-electron chi connectivity index (χ2n) is 4.95. The molecule has 7 heteroatoms. The molecule has 6 nitrogen and oxygen atoms in total. The van der Waals surface area contributed by atoms with Gasteiger partial charge in [-0.25, -0.2) is 0 Å². The van der Waals surface area contributed by atoms with Crippen LogP contribution < -0.4 is 5.32 Å². The Labute approximate surface area is 130 Å². The van der Waals surface area contributed by atoms with Gasteiger partial charge in [-0.1, -0.05) is 42.5 Å². The van der Waals surface area contributed by atoms with Crippen molar-refractivity contribution in [3.63, 3.8) is 0 Å². The van der Waals surface area contributed by atoms with Gasteiger partial charge in [0.2, 0.25) is 5.91 Å². The maximum Gasteiger partial charge on any atom is 0.254 e. The van der Waals surface area contributed by atoms with Gasteiger partial charge in [0.25, 0.3) is 11.8 Å². The summed E-state index contributed by atoms with van der Waals surface area (Å²) in [6, 6.07) is 8.13. The minimum Gasteiger partial charge on any atom is -0.318 e. The zero-order chi connectivity index (χ0) is 15.9. The lowest BCUT2D eigenvalue weighted by molar-refractivity contribution is -0.140. The predicted molar refractivity (Wildman–Crippen MR) is 79.9 cm³/mol. The number of thiocarbonyl (C=S) groups is 1. The summed E-state index contributed by atoms with van der Waals surface area (Å²) in [6.45, 7) is 0. The number of nitrogens with one attached hydrogen (secondary N) is 1. The molecule has 0 saturated carbocycles. The van der Waals surface area contributed by atoms with Crippen LogP contribution in [0.5, 0.6) is 0 Å². The first-order chi connectivity index (χ1) is 10.5. The summed E-state index contributed by atoms with van der Waals surface area (Å²) < 4.78 is 0. The van der Waals surface area contributed by atoms with Crippen LogP contribution in [0.3, 0.4) is 0 Å². The molecule has 0 aromatic heterocycles. The molecule has 1 fully saturated rings. The van der Waals surface area contributed by atoms with Crippen LogP contribution in [0.2, 0.25) is 0 Å². The van der Waals surface area contributed by atoms with Crippen LogP contribution in [0.15, 0.2) is 42.5 Å². The van der Waals surface area contributed by atoms with E-state index in [1.54, 1.807) is 30.3 Å². The van der Waals surface area contributed by atoms with Gasteiger partial charge in [-0.15, -0.1) is 0 Å². The highest BCUT2D eigenvalue weighted by Gasteiger charge is 2.58. The molecule has 2 aliphatic rings. The van der Waals surface area contributed by atoms with Crippen molar-refractivity contribution in [3.05, 3.63) is 48.0 Å². The zero-order valence-corrected chi connectivity index (χ0v) is 12.1. The van der Waals surface area contributed by atoms with Crippen LogP contribution >= 0.6 is 12.2 Å². The van der Waals surface area contributed by atoms with Gasteiger partial charge in [0.05, 0.1) is 6.42 Å². The molecule has 1 N–H and O–H groups in total. The number of amides is 3. The molecule has 3 amide bonds. The van der Waals surface area contributed by atoms with Crippen molar-refractivity contribution in [2.24, 2.45) is 0 Å². The fourth-order valence-corrected chi connectivity index (χ4v) is 3.03. The summed E-state index contributed by atoms with van der Waals surface area (Å²) >= 11 is 5.12. The van der Waals surface area contributed by atoms with E-state index < -0.39 is 29.0 Å². The smallest absolute Gasteiger partial charge is 0.254 e. The molecular weight excluding hydrogens is 304 g/mol. The van der Waals surface area contributed by atoms with Crippen molar-refractivity contribution in [2.75, 3.05) is 0 Å². The second kappa shape index (κ2) is 4.96. The first kappa shape index (κ1) is 14.3. The topological polar surface area (TPSA) is 83.6 Å². The third kappa shape index (κ3) is 1.90. The van der Waals surface area contributed by atoms with Gasteiger partial charge in [-0.05, 0) is 0 Å². The monoisotopic (exact) mass is 314 g/mol. The van der Waals surface area contributed by atoms with Gasteiger partial charge in [0.1, 0.15) is 4.99 Å². The Bertz CT molecular complexity index is 738. The second-order valence-corrected chi connectivity index (χ2v) is 5.36. The molecule has 0 bridgehead atoms. The number of hydrogen-bond donors (Lipinski definition) is 1. The first-order valence-corrected chi connectivity index (χ1v) is 6.88. The van der Waals surface area contributed by atoms with Gasteiger partial charge in [-0.3, -0.25) is 24.1 Å². The van der Waals surface area contributed by atoms with E-state index in [-0.39, 0.29) is 17.0 Å². The molecule has 1 aromatic carbocycles. The number of imide groups is 1. The van der Waals surface area contributed by atoms with Crippen LogP contribution in [0.1, 0.15) is 16.8 Å². The Morgan fingerprint density at radius 2 is 1.68 bits per heavy atom. The molecule has 1 atom stereocenters. The number of carbonyl (C=O) groups is 4. The molecule has 3 rings (SSSR count). The van der Waals surface area contributed by atoms with Gasteiger partial charge in [0, 0.05) is 17.7 Å². The molecule has 1 aromatic rings. The highest BCUT2D eigenvalue weighted by atomic mass is 32.1. The van der Waals surface area contributed by atoms with Gasteiger partial charge in [0.15, 0.2) is 11.3 Å². The van der Waals surface area contributed by atoms with Crippen LogP contribution in [0.25, 0.3) is 0 Å². The molecule has 2 aliphatic heterocycles. The maximum absolute atomic E-state index is 12.9. The van der Waals surface area contributed by atoms with Crippen molar-refractivity contribution in [3.8, 4) is 0 Å². The van der Waals surface area contributed by atoms with Crippen molar-refractivity contribution in [1.82, 2.24) is 10.2 Å². The number of benzene rings is 1. The van der Waals surface area contributed by atoms with E-state index in [0.717, 1.165) is 17.1 Å². The zero-order valence-electron chi connectivity index (χ0n) is 11.2. The van der Waals surface area contributed by atoms with E-state index in [0.29, 0.717) is 0 Å². The number of carbonyl (C=O) groups excluding carboxylic acids is 4. The van der Waals surface area contributed by atoms with E-state index in [4.69, 9.17) is 12.2 Å². The molecule has 22 heavy (non-hydrogen) atoms. The highest BCUT2D eigenvalue weighted by molar-refractivity contribution is 7.80. The Balaban J connectivity index is 2.15. The molecule has 1 saturated heterocycles. The summed E-state index contributed by atoms with van der Waals surface area (Å²) in [5.74, 6) is -2.37. The minimum atomic E-state index is -1.79. The van der Waals surface area contributed by atoms with Crippen LogP contribution in [0.4, 0.5) is 0 Å². The van der Waals surface area contributed by atoms with Crippen LogP contribution in [-0.4, -0.2) is 38.9 Å². The van der Waals surface area contributed by atoms with E-state index in [2.05, 4.69) is 5.32 Å². The first-order valence-electron chi connectivity index (χ1n) is 6.47. The van der Waals surface area contributed by atoms with Gasteiger partial charge < -0.3 is 5.32 Å². The number of Topliss-reactive ketones (excluding diaryl/α,β-unsaturated/α-hetero) is 1. The molecule has 0 aliphatic carbocycles. The SMILES string of the molecule is O=C1CC(C(=O)c2ccccc2)(N2C(=O)C=CC2=O)C(=S)N1. The summed E-state index contributed by atoms with van der Waals surface area (Å²) in [5, 5.41) is 2.37. The Morgan fingerprint density at radius 3 is 2.18 bits per heavy atom. The summed E-state index contributed by atoms with van der Waals surface area (Å²) in [5.41, 5.74) is -1.51. The molecular formula is C15H10N2O4S. The number of rotatable bonds is 3. The van der Waals surface area contributed by atoms with E-state index >= 15 is 0 Å². The quantitative estimate of drug-likeness (QED) is 0.495. The fourth-order valence-electron chi connectivity index (χ4n) is 2.66. The highest BCUT2D eigenvalue weighted by Crippen LogP contribution is 2.33. The number of nitrogens with zero attached hydrogens (tertiary/aromatic N) is 1. The average molecular weight is 314 g/mol. The Kier molecular flexibility index (Phi) is 3.22. The molecule has 0 radical (unpaired) electrons.